The van der Waals surface area contributed by atoms with Gasteiger partial charge in [-0.2, -0.15) is 10.2 Å². The average molecular weight is 635 g/mol. The van der Waals surface area contributed by atoms with E-state index < -0.39 is 17.5 Å². The minimum Gasteiger partial charge on any atom is -0.484 e. The number of hydrazone groups is 2. The second kappa shape index (κ2) is 15.1. The Morgan fingerprint density at radius 3 is 2.11 bits per heavy atom. The van der Waals surface area contributed by atoms with Crippen LogP contribution in [-0.2, 0) is 23.6 Å². The molecule has 0 aromatic heterocycles. The van der Waals surface area contributed by atoms with E-state index in [4.69, 9.17) is 61.1 Å². The van der Waals surface area contributed by atoms with Crippen molar-refractivity contribution >= 4 is 70.3 Å². The third-order valence-electron chi connectivity index (χ3n) is 5.14. The fourth-order valence-corrected chi connectivity index (χ4v) is 4.88. The molecule has 0 spiro atoms. The zero-order valence-corrected chi connectivity index (χ0v) is 26.8. The molecule has 0 radical (unpaired) electrons. The van der Waals surface area contributed by atoms with Gasteiger partial charge >= 0.3 is 0 Å². The smallest absolute Gasteiger partial charge is 0.222 e. The van der Waals surface area contributed by atoms with Crippen molar-refractivity contribution in [1.29, 1.82) is 0 Å². The van der Waals surface area contributed by atoms with E-state index in [0.29, 0.717) is 17.9 Å². The molecule has 2 rings (SSSR count). The second-order valence-electron chi connectivity index (χ2n) is 8.39. The largest absolute Gasteiger partial charge is 0.484 e. The van der Waals surface area contributed by atoms with Crippen LogP contribution in [0.25, 0.3) is 10.4 Å². The monoisotopic (exact) mass is 633 g/mol. The van der Waals surface area contributed by atoms with Gasteiger partial charge in [0.25, 0.3) is 0 Å². The van der Waals surface area contributed by atoms with Gasteiger partial charge in [0, 0.05) is 19.0 Å². The summed E-state index contributed by atoms with van der Waals surface area (Å²) in [4.78, 5) is 0.270. The van der Waals surface area contributed by atoms with E-state index in [9.17, 15) is 0 Å². The lowest BCUT2D eigenvalue weighted by molar-refractivity contribution is 0.0857. The Hall–Kier alpha value is -1.83. The predicted octanol–water partition coefficient (Wildman–Crippen LogP) is 8.14. The molecule has 3 atom stereocenters. The summed E-state index contributed by atoms with van der Waals surface area (Å²) in [5.74, 6) is 1.10. The van der Waals surface area contributed by atoms with Crippen molar-refractivity contribution in [1.82, 2.24) is 9.56 Å². The number of hydrogen-bond donors (Lipinski definition) is 0. The van der Waals surface area contributed by atoms with Crippen LogP contribution in [0, 0.1) is 0 Å². The second-order valence-corrected chi connectivity index (χ2v) is 19.5. The molecule has 0 aliphatic heterocycles. The quantitative estimate of drug-likeness (QED) is 0.0520. The van der Waals surface area contributed by atoms with Gasteiger partial charge in [0.2, 0.25) is 4.89 Å². The van der Waals surface area contributed by atoms with E-state index in [2.05, 4.69) is 20.2 Å². The van der Waals surface area contributed by atoms with Crippen LogP contribution in [0.3, 0.4) is 0 Å². The molecule has 15 heteroatoms. The van der Waals surface area contributed by atoms with Crippen LogP contribution in [0.4, 0.5) is 0 Å². The van der Waals surface area contributed by atoms with Crippen molar-refractivity contribution in [2.75, 3.05) is 14.1 Å². The molecule has 0 saturated heterocycles. The first-order valence-electron chi connectivity index (χ1n) is 11.6. The van der Waals surface area contributed by atoms with Crippen molar-refractivity contribution in [3.8, 4) is 11.5 Å². The Morgan fingerprint density at radius 1 is 1.08 bits per heavy atom. The van der Waals surface area contributed by atoms with Crippen LogP contribution in [-0.4, -0.2) is 47.7 Å². The van der Waals surface area contributed by atoms with E-state index in [1.807, 2.05) is 69.4 Å². The summed E-state index contributed by atoms with van der Waals surface area (Å²) < 4.78 is 15.1. The normalized spacial score (nSPS) is 14.9. The minimum atomic E-state index is -2.64. The molecule has 0 aliphatic rings. The lowest BCUT2D eigenvalue weighted by atomic mass is 10.1. The molecule has 0 N–H and O–H groups in total. The van der Waals surface area contributed by atoms with Gasteiger partial charge < -0.3 is 9.47 Å². The molecule has 0 fully saturated rings. The highest BCUT2D eigenvalue weighted by Crippen LogP contribution is 2.59. The van der Waals surface area contributed by atoms with Gasteiger partial charge in [0.05, 0.1) is 19.3 Å². The van der Waals surface area contributed by atoms with E-state index in [1.165, 1.54) is 4.78 Å². The van der Waals surface area contributed by atoms with Crippen molar-refractivity contribution < 1.29 is 9.47 Å². The summed E-state index contributed by atoms with van der Waals surface area (Å²) in [5, 5.41) is 12.5. The molecule has 2 aromatic carbocycles. The Bertz CT molecular complexity index is 1240. The predicted molar refractivity (Wildman–Crippen MR) is 168 cm³/mol. The van der Waals surface area contributed by atoms with Gasteiger partial charge in [0.15, 0.2) is 5.72 Å². The van der Waals surface area contributed by atoms with Crippen molar-refractivity contribution in [3.05, 3.63) is 70.1 Å². The molecule has 0 saturated carbocycles. The summed E-state index contributed by atoms with van der Waals surface area (Å²) in [7, 11) is 3.49. The first-order valence-corrected chi connectivity index (χ1v) is 18.8. The van der Waals surface area contributed by atoms with Gasteiger partial charge in [-0.05, 0) is 125 Å². The number of azide groups is 1. The zero-order valence-electron chi connectivity index (χ0n) is 21.7. The summed E-state index contributed by atoms with van der Waals surface area (Å²) in [6.07, 6.45) is 4.82. The Morgan fingerprint density at radius 2 is 1.61 bits per heavy atom. The maximum atomic E-state index is 8.83. The van der Waals surface area contributed by atoms with E-state index in [1.54, 1.807) is 31.2 Å². The van der Waals surface area contributed by atoms with E-state index >= 15 is 0 Å². The molecule has 0 heterocycles. The van der Waals surface area contributed by atoms with Gasteiger partial charge in [0.1, 0.15) is 17.3 Å². The van der Waals surface area contributed by atoms with Crippen LogP contribution in [0.1, 0.15) is 44.7 Å². The topological polar surface area (TPSA) is 98.4 Å². The highest BCUT2D eigenvalue weighted by atomic mass is 35.9. The Labute approximate surface area is 244 Å². The zero-order chi connectivity index (χ0) is 28.3. The fourth-order valence-electron chi connectivity index (χ4n) is 3.13. The molecule has 0 amide bonds. The van der Waals surface area contributed by atoms with Crippen molar-refractivity contribution in [2.45, 2.75) is 45.2 Å². The van der Waals surface area contributed by atoms with Gasteiger partial charge in [-0.1, -0.05) is 25.2 Å². The fraction of sp³-hybridized carbons (Fsp3) is 0.391. The van der Waals surface area contributed by atoms with Crippen LogP contribution in [0.2, 0.25) is 0 Å². The van der Waals surface area contributed by atoms with Crippen LogP contribution < -0.4 is 9.47 Å². The molecule has 9 nitrogen and oxygen atoms in total. The Balaban J connectivity index is 1.94. The lowest BCUT2D eigenvalue weighted by Gasteiger charge is -2.25. The maximum Gasteiger partial charge on any atom is 0.222 e. The summed E-state index contributed by atoms with van der Waals surface area (Å²) in [5.41, 5.74) is 9.64. The SMILES string of the molecule is CCCC(C)(N=[N+]=[N-])Oc1ccc(/C=N/N(C)[PH](=S)C(C)Oc2ccc(/C=N/N(C)P(=S)(Cl)Cl)cc2)cc1. The van der Waals surface area contributed by atoms with Crippen molar-refractivity contribution in [2.24, 2.45) is 15.3 Å². The minimum absolute atomic E-state index is 0.214. The highest BCUT2D eigenvalue weighted by molar-refractivity contribution is 8.37. The summed E-state index contributed by atoms with van der Waals surface area (Å²) >= 11 is 22.6. The molecular weight excluding hydrogens is 603 g/mol. The first-order chi connectivity index (χ1) is 17.9. The third kappa shape index (κ3) is 10.7. The molecule has 0 bridgehead atoms. The van der Waals surface area contributed by atoms with E-state index in [0.717, 1.165) is 17.5 Å². The number of rotatable bonds is 14. The molecule has 206 valence electrons. The molecule has 38 heavy (non-hydrogen) atoms. The number of hydrogen-bond acceptors (Lipinski definition) is 7. The lowest BCUT2D eigenvalue weighted by Crippen LogP contribution is -2.28. The summed E-state index contributed by atoms with van der Waals surface area (Å²) in [6.45, 7) is 4.17. The first kappa shape index (κ1) is 32.4. The van der Waals surface area contributed by atoms with Gasteiger partial charge in [-0.25, -0.2) is 4.78 Å². The van der Waals surface area contributed by atoms with Gasteiger partial charge in [-0.15, -0.1) is 0 Å². The number of halogens is 2. The molecule has 0 aliphatic carbocycles. The van der Waals surface area contributed by atoms with Crippen LogP contribution in [0.15, 0.2) is 63.8 Å². The molecular formula is C23H31Cl2N7O2P2S2. The van der Waals surface area contributed by atoms with Crippen LogP contribution >= 0.6 is 34.2 Å². The number of ether oxygens (including phenoxy) is 2. The maximum absolute atomic E-state index is 8.83. The average Bonchev–Trinajstić information content (AvgIpc) is 2.86. The highest BCUT2D eigenvalue weighted by Gasteiger charge is 2.23. The standard InChI is InChI=1S/C23H31Cl2N7O2P2S2/c1-6-15-23(3,29-30-26)34-22-13-9-19(10-14-22)16-27-31(4)35(37)18(2)33-21-11-7-20(8-12-21)17-28-32(5)36(24,25)38/h7-14,16-18,35H,6,15H2,1-5H3/b27-16+,28-17+. The number of benzene rings is 2. The number of nitrogens with zero attached hydrogens (tertiary/aromatic N) is 7. The summed E-state index contributed by atoms with van der Waals surface area (Å²) in [6, 6.07) is 14.8. The molecule has 2 aromatic rings. The van der Waals surface area contributed by atoms with E-state index in [-0.39, 0.29) is 5.85 Å². The molecule has 3 unspecified atom stereocenters. The van der Waals surface area contributed by atoms with Crippen LogP contribution in [0.5, 0.6) is 11.5 Å². The van der Waals surface area contributed by atoms with Crippen molar-refractivity contribution in [3.63, 3.8) is 0 Å². The Kier molecular flexibility index (Phi) is 12.9. The third-order valence-corrected chi connectivity index (χ3v) is 11.3. The van der Waals surface area contributed by atoms with Gasteiger partial charge in [-0.3, -0.25) is 4.78 Å².